The van der Waals surface area contributed by atoms with Gasteiger partial charge < -0.3 is 4.98 Å². The number of aromatic nitrogens is 1. The maximum absolute atomic E-state index is 11.4. The minimum Gasteiger partial charge on any atom is -0.322 e. The van der Waals surface area contributed by atoms with Crippen LogP contribution < -0.4 is 5.56 Å². The first-order chi connectivity index (χ1) is 7.97. The third kappa shape index (κ3) is 2.65. The van der Waals surface area contributed by atoms with Crippen molar-refractivity contribution in [3.8, 4) is 11.3 Å². The van der Waals surface area contributed by atoms with Crippen LogP contribution in [0.25, 0.3) is 11.3 Å². The molecule has 0 spiro atoms. The molecule has 5 heteroatoms. The topological polar surface area (TPSA) is 32.9 Å². The molecule has 0 aliphatic carbocycles. The van der Waals surface area contributed by atoms with Crippen LogP contribution in [0.15, 0.2) is 29.1 Å². The predicted octanol–water partition coefficient (Wildman–Crippen LogP) is 4.31. The third-order valence-electron chi connectivity index (χ3n) is 2.29. The van der Waals surface area contributed by atoms with Crippen LogP contribution in [0.1, 0.15) is 5.56 Å². The van der Waals surface area contributed by atoms with Gasteiger partial charge in [-0.15, -0.1) is 0 Å². The van der Waals surface area contributed by atoms with Gasteiger partial charge in [0.25, 0.3) is 0 Å². The number of halogens is 3. The van der Waals surface area contributed by atoms with E-state index < -0.39 is 0 Å². The van der Waals surface area contributed by atoms with Gasteiger partial charge in [-0.25, -0.2) is 0 Å². The summed E-state index contributed by atoms with van der Waals surface area (Å²) in [6, 6.07) is 6.53. The maximum atomic E-state index is 11.4. The summed E-state index contributed by atoms with van der Waals surface area (Å²) in [6.45, 7) is 1.84. The molecule has 0 fully saturated rings. The molecule has 0 bridgehead atoms. The Morgan fingerprint density at radius 2 is 1.59 bits per heavy atom. The molecule has 0 aliphatic heterocycles. The van der Waals surface area contributed by atoms with Crippen LogP contribution in [0.3, 0.4) is 0 Å². The Balaban J connectivity index is 2.68. The van der Waals surface area contributed by atoms with E-state index in [-0.39, 0.29) is 5.56 Å². The van der Waals surface area contributed by atoms with Crippen molar-refractivity contribution in [3.63, 3.8) is 0 Å². The van der Waals surface area contributed by atoms with E-state index in [4.69, 9.17) is 34.8 Å². The smallest absolute Gasteiger partial charge is 0.248 e. The van der Waals surface area contributed by atoms with Gasteiger partial charge in [-0.3, -0.25) is 4.79 Å². The summed E-state index contributed by atoms with van der Waals surface area (Å²) in [6.07, 6.45) is 0. The van der Waals surface area contributed by atoms with E-state index in [0.29, 0.717) is 26.3 Å². The largest absolute Gasteiger partial charge is 0.322 e. The molecule has 0 saturated heterocycles. The van der Waals surface area contributed by atoms with Gasteiger partial charge in [0.1, 0.15) is 0 Å². The summed E-state index contributed by atoms with van der Waals surface area (Å²) in [5, 5.41) is 1.23. The second-order valence-electron chi connectivity index (χ2n) is 3.68. The maximum Gasteiger partial charge on any atom is 0.248 e. The van der Waals surface area contributed by atoms with Crippen molar-refractivity contribution in [2.45, 2.75) is 6.92 Å². The molecule has 0 amide bonds. The zero-order chi connectivity index (χ0) is 12.6. The van der Waals surface area contributed by atoms with Crippen molar-refractivity contribution in [2.24, 2.45) is 0 Å². The SMILES string of the molecule is Cc1cc(-c2cc(Cl)c(Cl)cc2Cl)[nH]c(=O)c1. The third-order valence-corrected chi connectivity index (χ3v) is 3.32. The number of aromatic amines is 1. The Morgan fingerprint density at radius 3 is 2.24 bits per heavy atom. The highest BCUT2D eigenvalue weighted by atomic mass is 35.5. The van der Waals surface area contributed by atoms with Crippen LogP contribution in [-0.2, 0) is 0 Å². The lowest BCUT2D eigenvalue weighted by Crippen LogP contribution is -2.05. The molecule has 2 nitrogen and oxygen atoms in total. The number of pyridine rings is 1. The van der Waals surface area contributed by atoms with E-state index in [0.717, 1.165) is 5.56 Å². The summed E-state index contributed by atoms with van der Waals surface area (Å²) in [4.78, 5) is 14.1. The average molecular weight is 289 g/mol. The standard InChI is InChI=1S/C12H8Cl3NO/c1-6-2-11(16-12(17)3-6)7-4-9(14)10(15)5-8(7)13/h2-5H,1H3,(H,16,17). The lowest BCUT2D eigenvalue weighted by molar-refractivity contribution is 1.21. The number of rotatable bonds is 1. The Morgan fingerprint density at radius 1 is 0.941 bits per heavy atom. The van der Waals surface area contributed by atoms with Crippen LogP contribution in [0.5, 0.6) is 0 Å². The molecule has 0 atom stereocenters. The molecule has 1 heterocycles. The summed E-state index contributed by atoms with van der Waals surface area (Å²) < 4.78 is 0. The second-order valence-corrected chi connectivity index (χ2v) is 4.90. The molecule has 1 N–H and O–H groups in total. The summed E-state index contributed by atoms with van der Waals surface area (Å²) in [5.41, 5.74) is 1.95. The van der Waals surface area contributed by atoms with Crippen LogP contribution in [0.4, 0.5) is 0 Å². The quantitative estimate of drug-likeness (QED) is 0.779. The monoisotopic (exact) mass is 287 g/mol. The highest BCUT2D eigenvalue weighted by molar-refractivity contribution is 6.44. The first-order valence-electron chi connectivity index (χ1n) is 4.83. The average Bonchev–Trinajstić information content (AvgIpc) is 2.22. The van der Waals surface area contributed by atoms with Gasteiger partial charge in [0, 0.05) is 11.6 Å². The van der Waals surface area contributed by atoms with E-state index >= 15 is 0 Å². The van der Waals surface area contributed by atoms with Crippen molar-refractivity contribution in [1.29, 1.82) is 0 Å². The number of hydrogen-bond donors (Lipinski definition) is 1. The molecule has 0 saturated carbocycles. The van der Waals surface area contributed by atoms with Gasteiger partial charge in [-0.1, -0.05) is 34.8 Å². The number of aryl methyl sites for hydroxylation is 1. The molecule has 17 heavy (non-hydrogen) atoms. The van der Waals surface area contributed by atoms with Crippen LogP contribution in [0.2, 0.25) is 15.1 Å². The van der Waals surface area contributed by atoms with Crippen molar-refractivity contribution < 1.29 is 0 Å². The molecule has 1 aromatic carbocycles. The van der Waals surface area contributed by atoms with Gasteiger partial charge in [-0.05, 0) is 30.7 Å². The van der Waals surface area contributed by atoms with E-state index in [1.165, 1.54) is 6.07 Å². The molecule has 0 radical (unpaired) electrons. The Hall–Kier alpha value is -0.960. The number of H-pyrrole nitrogens is 1. The van der Waals surface area contributed by atoms with Crippen LogP contribution in [0, 0.1) is 6.92 Å². The number of hydrogen-bond acceptors (Lipinski definition) is 1. The van der Waals surface area contributed by atoms with E-state index in [2.05, 4.69) is 4.98 Å². The summed E-state index contributed by atoms with van der Waals surface area (Å²) in [5.74, 6) is 0. The van der Waals surface area contributed by atoms with Crippen molar-refractivity contribution in [1.82, 2.24) is 4.98 Å². The minimum atomic E-state index is -0.179. The van der Waals surface area contributed by atoms with Crippen LogP contribution >= 0.6 is 34.8 Å². The van der Waals surface area contributed by atoms with Crippen molar-refractivity contribution in [3.05, 3.63) is 55.3 Å². The van der Waals surface area contributed by atoms with Crippen molar-refractivity contribution >= 4 is 34.8 Å². The van der Waals surface area contributed by atoms with Gasteiger partial charge >= 0.3 is 0 Å². The zero-order valence-electron chi connectivity index (χ0n) is 8.85. The molecule has 1 aromatic heterocycles. The van der Waals surface area contributed by atoms with Crippen LogP contribution in [-0.4, -0.2) is 4.98 Å². The van der Waals surface area contributed by atoms with Crippen molar-refractivity contribution in [2.75, 3.05) is 0 Å². The summed E-state index contributed by atoms with van der Waals surface area (Å²) in [7, 11) is 0. The molecule has 2 rings (SSSR count). The lowest BCUT2D eigenvalue weighted by atomic mass is 10.1. The molecule has 2 aromatic rings. The fraction of sp³-hybridized carbons (Fsp3) is 0.0833. The highest BCUT2D eigenvalue weighted by Gasteiger charge is 2.09. The molecule has 88 valence electrons. The fourth-order valence-electron chi connectivity index (χ4n) is 1.56. The Kier molecular flexibility index (Phi) is 3.48. The number of nitrogens with one attached hydrogen (secondary N) is 1. The molecule has 0 aliphatic rings. The summed E-state index contributed by atoms with van der Waals surface area (Å²) >= 11 is 17.9. The Labute approximate surface area is 113 Å². The molecule has 0 unspecified atom stereocenters. The van der Waals surface area contributed by atoms with E-state index in [1.807, 2.05) is 13.0 Å². The normalized spacial score (nSPS) is 10.6. The predicted molar refractivity (Wildman–Crippen MR) is 72.3 cm³/mol. The van der Waals surface area contributed by atoms with Gasteiger partial charge in [0.05, 0.1) is 20.8 Å². The number of benzene rings is 1. The Bertz CT molecular complexity index is 634. The highest BCUT2D eigenvalue weighted by Crippen LogP contribution is 2.34. The van der Waals surface area contributed by atoms with Gasteiger partial charge in [0.2, 0.25) is 5.56 Å². The lowest BCUT2D eigenvalue weighted by Gasteiger charge is -2.07. The van der Waals surface area contributed by atoms with E-state index in [9.17, 15) is 4.79 Å². The first kappa shape index (κ1) is 12.5. The van der Waals surface area contributed by atoms with Gasteiger partial charge in [0.15, 0.2) is 0 Å². The minimum absolute atomic E-state index is 0.179. The molecular weight excluding hydrogens is 280 g/mol. The van der Waals surface area contributed by atoms with Gasteiger partial charge in [-0.2, -0.15) is 0 Å². The second kappa shape index (κ2) is 4.73. The first-order valence-corrected chi connectivity index (χ1v) is 5.96. The molecular formula is C12H8Cl3NO. The fourth-order valence-corrected chi connectivity index (χ4v) is 2.20. The zero-order valence-corrected chi connectivity index (χ0v) is 11.1. The van der Waals surface area contributed by atoms with E-state index in [1.54, 1.807) is 12.1 Å².